The van der Waals surface area contributed by atoms with E-state index in [0.29, 0.717) is 5.69 Å². The maximum Gasteiger partial charge on any atom is 0.251 e. The number of hydrogen-bond donors (Lipinski definition) is 3. The third-order valence-corrected chi connectivity index (χ3v) is 5.05. The minimum Gasteiger partial charge on any atom is -0.343 e. The van der Waals surface area contributed by atoms with Crippen LogP contribution in [0.15, 0.2) is 41.3 Å². The molecule has 2 amide bonds. The molecular weight excluding hydrogens is 378 g/mol. The number of nitrogens with two attached hydrogens (primary N) is 1. The number of amides is 2. The largest absolute Gasteiger partial charge is 0.343 e. The van der Waals surface area contributed by atoms with E-state index in [1.165, 1.54) is 12.1 Å². The van der Waals surface area contributed by atoms with E-state index in [9.17, 15) is 18.0 Å². The van der Waals surface area contributed by atoms with Crippen molar-refractivity contribution in [1.82, 2.24) is 5.32 Å². The fraction of sp³-hybridized carbons (Fsp3) is 0.176. The predicted molar refractivity (Wildman–Crippen MR) is 99.7 cm³/mol. The van der Waals surface area contributed by atoms with E-state index in [2.05, 4.69) is 10.6 Å². The molecule has 0 aliphatic heterocycles. The Kier molecular flexibility index (Phi) is 6.01. The number of para-hydroxylation sites is 1. The molecule has 2 aromatic rings. The van der Waals surface area contributed by atoms with Crippen LogP contribution in [0.3, 0.4) is 0 Å². The van der Waals surface area contributed by atoms with E-state index >= 15 is 0 Å². The Hall–Kier alpha value is -2.42. The molecule has 0 aliphatic rings. The molecular formula is C17H18ClN3O4S. The average Bonchev–Trinajstić information content (AvgIpc) is 2.55. The molecule has 7 nitrogen and oxygen atoms in total. The molecule has 0 fully saturated rings. The second kappa shape index (κ2) is 7.86. The van der Waals surface area contributed by atoms with Crippen LogP contribution < -0.4 is 15.8 Å². The summed E-state index contributed by atoms with van der Waals surface area (Å²) >= 11 is 5.78. The number of carbonyl (C=O) groups excluding carboxylic acids is 2. The standard InChI is InChI=1S/C17H18ClN3O4S/c1-10-4-3-5-11(2)16(10)21-15(22)9-20-17(23)12-6-7-13(18)14(8-12)26(19,24)25/h3-8H,9H2,1-2H3,(H,20,23)(H,21,22)(H2,19,24,25). The molecule has 26 heavy (non-hydrogen) atoms. The van der Waals surface area contributed by atoms with Gasteiger partial charge in [-0.05, 0) is 43.2 Å². The van der Waals surface area contributed by atoms with Crippen molar-refractivity contribution in [3.05, 3.63) is 58.1 Å². The number of benzene rings is 2. The van der Waals surface area contributed by atoms with Gasteiger partial charge in [0.15, 0.2) is 0 Å². The maximum absolute atomic E-state index is 12.2. The molecule has 4 N–H and O–H groups in total. The Morgan fingerprint density at radius 3 is 2.31 bits per heavy atom. The van der Waals surface area contributed by atoms with Gasteiger partial charge >= 0.3 is 0 Å². The molecule has 0 spiro atoms. The highest BCUT2D eigenvalue weighted by Crippen LogP contribution is 2.21. The Balaban J connectivity index is 2.06. The first-order valence-electron chi connectivity index (χ1n) is 7.56. The Morgan fingerprint density at radius 1 is 1.12 bits per heavy atom. The van der Waals surface area contributed by atoms with E-state index in [-0.39, 0.29) is 22.0 Å². The van der Waals surface area contributed by atoms with E-state index < -0.39 is 21.8 Å². The Bertz CT molecular complexity index is 954. The van der Waals surface area contributed by atoms with Crippen molar-refractivity contribution in [3.63, 3.8) is 0 Å². The van der Waals surface area contributed by atoms with Crippen molar-refractivity contribution in [3.8, 4) is 0 Å². The van der Waals surface area contributed by atoms with E-state index in [4.69, 9.17) is 16.7 Å². The molecule has 0 aromatic heterocycles. The lowest BCUT2D eigenvalue weighted by molar-refractivity contribution is -0.115. The molecule has 0 saturated carbocycles. The fourth-order valence-electron chi connectivity index (χ4n) is 2.32. The summed E-state index contributed by atoms with van der Waals surface area (Å²) in [6.07, 6.45) is 0. The van der Waals surface area contributed by atoms with Gasteiger partial charge in [-0.1, -0.05) is 29.8 Å². The highest BCUT2D eigenvalue weighted by Gasteiger charge is 2.17. The number of nitrogens with one attached hydrogen (secondary N) is 2. The van der Waals surface area contributed by atoms with Crippen LogP contribution in [0.25, 0.3) is 0 Å². The van der Waals surface area contributed by atoms with Gasteiger partial charge in [-0.15, -0.1) is 0 Å². The highest BCUT2D eigenvalue weighted by molar-refractivity contribution is 7.89. The predicted octanol–water partition coefficient (Wildman–Crippen LogP) is 1.97. The van der Waals surface area contributed by atoms with Crippen molar-refractivity contribution < 1.29 is 18.0 Å². The molecule has 138 valence electrons. The van der Waals surface area contributed by atoms with E-state index in [1.807, 2.05) is 32.0 Å². The zero-order valence-corrected chi connectivity index (χ0v) is 15.7. The van der Waals surface area contributed by atoms with Crippen molar-refractivity contribution in [2.75, 3.05) is 11.9 Å². The number of carbonyl (C=O) groups is 2. The van der Waals surface area contributed by atoms with Crippen LogP contribution in [0.2, 0.25) is 5.02 Å². The third kappa shape index (κ3) is 4.81. The van der Waals surface area contributed by atoms with Crippen LogP contribution >= 0.6 is 11.6 Å². The van der Waals surface area contributed by atoms with Crippen molar-refractivity contribution in [2.24, 2.45) is 5.14 Å². The van der Waals surface area contributed by atoms with Crippen LogP contribution in [0.5, 0.6) is 0 Å². The monoisotopic (exact) mass is 395 g/mol. The molecule has 0 heterocycles. The number of halogens is 1. The first kappa shape index (κ1) is 19.9. The van der Waals surface area contributed by atoms with Gasteiger partial charge in [0.2, 0.25) is 15.9 Å². The van der Waals surface area contributed by atoms with Gasteiger partial charge in [0, 0.05) is 11.3 Å². The van der Waals surface area contributed by atoms with Crippen molar-refractivity contribution in [1.29, 1.82) is 0 Å². The van der Waals surface area contributed by atoms with Crippen LogP contribution in [0, 0.1) is 13.8 Å². The summed E-state index contributed by atoms with van der Waals surface area (Å²) < 4.78 is 22.9. The lowest BCUT2D eigenvalue weighted by Gasteiger charge is -2.12. The molecule has 0 bridgehead atoms. The topological polar surface area (TPSA) is 118 Å². The molecule has 2 aromatic carbocycles. The summed E-state index contributed by atoms with van der Waals surface area (Å²) in [6, 6.07) is 9.28. The van der Waals surface area contributed by atoms with Gasteiger partial charge in [-0.25, -0.2) is 13.6 Å². The zero-order valence-electron chi connectivity index (χ0n) is 14.2. The second-order valence-corrected chi connectivity index (χ2v) is 7.62. The summed E-state index contributed by atoms with van der Waals surface area (Å²) in [5.41, 5.74) is 2.52. The number of primary sulfonamides is 1. The second-order valence-electron chi connectivity index (χ2n) is 5.69. The lowest BCUT2D eigenvalue weighted by Crippen LogP contribution is -2.33. The molecule has 0 unspecified atom stereocenters. The summed E-state index contributed by atoms with van der Waals surface area (Å²) in [4.78, 5) is 23.9. The average molecular weight is 396 g/mol. The first-order chi connectivity index (χ1) is 12.1. The third-order valence-electron chi connectivity index (χ3n) is 3.65. The van der Waals surface area contributed by atoms with Crippen LogP contribution in [0.1, 0.15) is 21.5 Å². The summed E-state index contributed by atoms with van der Waals surface area (Å²) in [5, 5.41) is 10.1. The quantitative estimate of drug-likeness (QED) is 0.717. The Morgan fingerprint density at radius 2 is 1.73 bits per heavy atom. The summed E-state index contributed by atoms with van der Waals surface area (Å²) in [7, 11) is -4.06. The van der Waals surface area contributed by atoms with Crippen LogP contribution in [-0.4, -0.2) is 26.8 Å². The lowest BCUT2D eigenvalue weighted by atomic mass is 10.1. The molecule has 0 saturated heterocycles. The number of anilines is 1. The summed E-state index contributed by atoms with van der Waals surface area (Å²) in [6.45, 7) is 3.45. The van der Waals surface area contributed by atoms with Crippen molar-refractivity contribution in [2.45, 2.75) is 18.7 Å². The van der Waals surface area contributed by atoms with Gasteiger partial charge in [-0.3, -0.25) is 9.59 Å². The molecule has 0 aliphatic carbocycles. The van der Waals surface area contributed by atoms with Crippen LogP contribution in [-0.2, 0) is 14.8 Å². The smallest absolute Gasteiger partial charge is 0.251 e. The van der Waals surface area contributed by atoms with Gasteiger partial charge in [0.05, 0.1) is 11.6 Å². The number of sulfonamides is 1. The number of hydrogen-bond acceptors (Lipinski definition) is 4. The SMILES string of the molecule is Cc1cccc(C)c1NC(=O)CNC(=O)c1ccc(Cl)c(S(N)(=O)=O)c1. The highest BCUT2D eigenvalue weighted by atomic mass is 35.5. The number of aryl methyl sites for hydroxylation is 2. The maximum atomic E-state index is 12.2. The van der Waals surface area contributed by atoms with Gasteiger partial charge < -0.3 is 10.6 Å². The van der Waals surface area contributed by atoms with Crippen LogP contribution in [0.4, 0.5) is 5.69 Å². The minimum atomic E-state index is -4.06. The minimum absolute atomic E-state index is 0.0262. The van der Waals surface area contributed by atoms with E-state index in [1.54, 1.807) is 0 Å². The molecule has 2 rings (SSSR count). The van der Waals surface area contributed by atoms with E-state index in [0.717, 1.165) is 17.2 Å². The van der Waals surface area contributed by atoms with Crippen molar-refractivity contribution >= 4 is 39.1 Å². The molecule has 0 atom stereocenters. The zero-order chi connectivity index (χ0) is 19.5. The van der Waals surface area contributed by atoms with Gasteiger partial charge in [0.25, 0.3) is 5.91 Å². The van der Waals surface area contributed by atoms with Gasteiger partial charge in [0.1, 0.15) is 4.90 Å². The normalized spacial score (nSPS) is 11.1. The first-order valence-corrected chi connectivity index (χ1v) is 9.48. The summed E-state index contributed by atoms with van der Waals surface area (Å²) in [5.74, 6) is -1.03. The molecule has 0 radical (unpaired) electrons. The Labute approximate surface area is 156 Å². The molecule has 9 heteroatoms. The van der Waals surface area contributed by atoms with Gasteiger partial charge in [-0.2, -0.15) is 0 Å². The fourth-order valence-corrected chi connectivity index (χ4v) is 3.39. The number of rotatable bonds is 5.